The molecule has 2 rings (SSSR count). The van der Waals surface area contributed by atoms with Gasteiger partial charge in [0.2, 0.25) is 0 Å². The lowest BCUT2D eigenvalue weighted by molar-refractivity contribution is 0.0177. The van der Waals surface area contributed by atoms with Gasteiger partial charge in [0, 0.05) is 25.1 Å². The second kappa shape index (κ2) is 7.24. The highest BCUT2D eigenvalue weighted by molar-refractivity contribution is 4.88. The SMILES string of the molecule is CC1CCC(CO)(CN2CCC(CN(C)C)CC2)CC1. The van der Waals surface area contributed by atoms with Crippen LogP contribution in [0.4, 0.5) is 0 Å². The quantitative estimate of drug-likeness (QED) is 0.839. The summed E-state index contributed by atoms with van der Waals surface area (Å²) in [6.45, 7) is 7.57. The number of rotatable bonds is 5. The summed E-state index contributed by atoms with van der Waals surface area (Å²) in [5.41, 5.74) is 0.209. The van der Waals surface area contributed by atoms with Crippen molar-refractivity contribution < 1.29 is 5.11 Å². The zero-order valence-electron chi connectivity index (χ0n) is 13.8. The Bertz CT molecular complexity index is 277. The zero-order valence-corrected chi connectivity index (χ0v) is 13.8. The van der Waals surface area contributed by atoms with Crippen LogP contribution in [-0.2, 0) is 0 Å². The van der Waals surface area contributed by atoms with Crippen LogP contribution in [0.15, 0.2) is 0 Å². The number of likely N-dealkylation sites (tertiary alicyclic amines) is 1. The molecule has 1 aliphatic carbocycles. The van der Waals surface area contributed by atoms with Gasteiger partial charge in [-0.25, -0.2) is 0 Å². The van der Waals surface area contributed by atoms with Crippen molar-refractivity contribution in [1.82, 2.24) is 9.80 Å². The maximum absolute atomic E-state index is 9.90. The highest BCUT2D eigenvalue weighted by atomic mass is 16.3. The van der Waals surface area contributed by atoms with E-state index >= 15 is 0 Å². The van der Waals surface area contributed by atoms with E-state index in [4.69, 9.17) is 0 Å². The van der Waals surface area contributed by atoms with Gasteiger partial charge in [-0.2, -0.15) is 0 Å². The molecule has 0 unspecified atom stereocenters. The summed E-state index contributed by atoms with van der Waals surface area (Å²) >= 11 is 0. The normalized spacial score (nSPS) is 33.8. The molecule has 0 radical (unpaired) electrons. The molecule has 1 aliphatic heterocycles. The topological polar surface area (TPSA) is 26.7 Å². The van der Waals surface area contributed by atoms with Gasteiger partial charge in [-0.05, 0) is 64.7 Å². The van der Waals surface area contributed by atoms with Crippen molar-refractivity contribution >= 4 is 0 Å². The summed E-state index contributed by atoms with van der Waals surface area (Å²) in [5, 5.41) is 9.90. The second-order valence-electron chi connectivity index (χ2n) is 7.82. The highest BCUT2D eigenvalue weighted by Crippen LogP contribution is 2.39. The van der Waals surface area contributed by atoms with Gasteiger partial charge in [0.1, 0.15) is 0 Å². The highest BCUT2D eigenvalue weighted by Gasteiger charge is 2.36. The fourth-order valence-electron chi connectivity index (χ4n) is 4.06. The number of nitrogens with zero attached hydrogens (tertiary/aromatic N) is 2. The summed E-state index contributed by atoms with van der Waals surface area (Å²) in [6, 6.07) is 0. The molecular weight excluding hydrogens is 248 g/mol. The molecule has 20 heavy (non-hydrogen) atoms. The van der Waals surface area contributed by atoms with Crippen LogP contribution in [-0.4, -0.2) is 61.8 Å². The van der Waals surface area contributed by atoms with Crippen molar-refractivity contribution in [3.63, 3.8) is 0 Å². The number of piperidine rings is 1. The molecule has 0 aromatic heterocycles. The van der Waals surface area contributed by atoms with E-state index in [0.29, 0.717) is 6.61 Å². The number of hydrogen-bond acceptors (Lipinski definition) is 3. The van der Waals surface area contributed by atoms with Gasteiger partial charge < -0.3 is 14.9 Å². The van der Waals surface area contributed by atoms with E-state index < -0.39 is 0 Å². The molecule has 2 aliphatic rings. The minimum atomic E-state index is 0.209. The summed E-state index contributed by atoms with van der Waals surface area (Å²) in [7, 11) is 4.35. The van der Waals surface area contributed by atoms with E-state index in [2.05, 4.69) is 30.8 Å². The van der Waals surface area contributed by atoms with Crippen molar-refractivity contribution in [2.24, 2.45) is 17.3 Å². The largest absolute Gasteiger partial charge is 0.396 e. The predicted octanol–water partition coefficient (Wildman–Crippen LogP) is 2.45. The van der Waals surface area contributed by atoms with Crippen molar-refractivity contribution in [3.05, 3.63) is 0 Å². The Labute approximate surface area is 125 Å². The second-order valence-corrected chi connectivity index (χ2v) is 7.82. The number of aliphatic hydroxyl groups is 1. The van der Waals surface area contributed by atoms with Gasteiger partial charge in [-0.3, -0.25) is 0 Å². The lowest BCUT2D eigenvalue weighted by Gasteiger charge is -2.43. The lowest BCUT2D eigenvalue weighted by Crippen LogP contribution is -2.46. The Morgan fingerprint density at radius 3 is 2.20 bits per heavy atom. The maximum Gasteiger partial charge on any atom is 0.0499 e. The molecule has 0 aromatic rings. The molecule has 0 amide bonds. The average Bonchev–Trinajstić information content (AvgIpc) is 2.43. The average molecular weight is 282 g/mol. The molecule has 0 aromatic carbocycles. The molecule has 1 saturated carbocycles. The van der Waals surface area contributed by atoms with Gasteiger partial charge in [0.05, 0.1) is 0 Å². The fraction of sp³-hybridized carbons (Fsp3) is 1.00. The minimum Gasteiger partial charge on any atom is -0.396 e. The van der Waals surface area contributed by atoms with E-state index in [1.165, 1.54) is 58.2 Å². The molecule has 0 atom stereocenters. The van der Waals surface area contributed by atoms with Gasteiger partial charge in [0.25, 0.3) is 0 Å². The molecule has 1 heterocycles. The van der Waals surface area contributed by atoms with Gasteiger partial charge >= 0.3 is 0 Å². The van der Waals surface area contributed by atoms with E-state index in [1.807, 2.05) is 0 Å². The summed E-state index contributed by atoms with van der Waals surface area (Å²) in [4.78, 5) is 4.94. The molecule has 0 spiro atoms. The molecule has 3 nitrogen and oxygen atoms in total. The molecule has 0 bridgehead atoms. The van der Waals surface area contributed by atoms with Crippen LogP contribution in [0.25, 0.3) is 0 Å². The predicted molar refractivity (Wildman–Crippen MR) is 84.9 cm³/mol. The first-order chi connectivity index (χ1) is 9.53. The van der Waals surface area contributed by atoms with Crippen LogP contribution in [0.2, 0.25) is 0 Å². The Balaban J connectivity index is 1.79. The lowest BCUT2D eigenvalue weighted by atomic mass is 9.71. The Morgan fingerprint density at radius 1 is 1.10 bits per heavy atom. The molecule has 2 fully saturated rings. The fourth-order valence-corrected chi connectivity index (χ4v) is 4.06. The summed E-state index contributed by atoms with van der Waals surface area (Å²) < 4.78 is 0. The molecule has 3 heteroatoms. The van der Waals surface area contributed by atoms with Crippen LogP contribution < -0.4 is 0 Å². The third-order valence-corrected chi connectivity index (χ3v) is 5.56. The molecule has 1 N–H and O–H groups in total. The Hall–Kier alpha value is -0.120. The van der Waals surface area contributed by atoms with Crippen molar-refractivity contribution in [2.75, 3.05) is 46.9 Å². The standard InChI is InChI=1S/C17H34N2O/c1-15-4-8-17(14-20,9-5-15)13-19-10-6-16(7-11-19)12-18(2)3/h15-16,20H,4-14H2,1-3H3. The molecule has 118 valence electrons. The van der Waals surface area contributed by atoms with Crippen LogP contribution in [0, 0.1) is 17.3 Å². The van der Waals surface area contributed by atoms with Crippen molar-refractivity contribution in [1.29, 1.82) is 0 Å². The maximum atomic E-state index is 9.90. The smallest absolute Gasteiger partial charge is 0.0499 e. The van der Waals surface area contributed by atoms with Gasteiger partial charge in [-0.1, -0.05) is 19.8 Å². The van der Waals surface area contributed by atoms with E-state index in [1.54, 1.807) is 0 Å². The monoisotopic (exact) mass is 282 g/mol. The zero-order chi connectivity index (χ0) is 14.6. The van der Waals surface area contributed by atoms with Gasteiger partial charge in [-0.15, -0.1) is 0 Å². The first kappa shape index (κ1) is 16.3. The van der Waals surface area contributed by atoms with Crippen molar-refractivity contribution in [3.8, 4) is 0 Å². The molecular formula is C17H34N2O. The van der Waals surface area contributed by atoms with Crippen LogP contribution in [0.5, 0.6) is 0 Å². The van der Waals surface area contributed by atoms with Crippen LogP contribution in [0.3, 0.4) is 0 Å². The Morgan fingerprint density at radius 2 is 1.70 bits per heavy atom. The number of hydrogen-bond donors (Lipinski definition) is 1. The summed E-state index contributed by atoms with van der Waals surface area (Å²) in [5.74, 6) is 1.73. The summed E-state index contributed by atoms with van der Waals surface area (Å²) in [6.07, 6.45) is 7.71. The van der Waals surface area contributed by atoms with Gasteiger partial charge in [0.15, 0.2) is 0 Å². The van der Waals surface area contributed by atoms with Crippen molar-refractivity contribution in [2.45, 2.75) is 45.4 Å². The first-order valence-electron chi connectivity index (χ1n) is 8.51. The Kier molecular flexibility index (Phi) is 5.88. The third-order valence-electron chi connectivity index (χ3n) is 5.56. The van der Waals surface area contributed by atoms with E-state index in [0.717, 1.165) is 18.4 Å². The van der Waals surface area contributed by atoms with Crippen LogP contribution in [0.1, 0.15) is 45.4 Å². The molecule has 1 saturated heterocycles. The third kappa shape index (κ3) is 4.44. The van der Waals surface area contributed by atoms with Crippen LogP contribution >= 0.6 is 0 Å². The first-order valence-corrected chi connectivity index (χ1v) is 8.51. The number of aliphatic hydroxyl groups excluding tert-OH is 1. The van der Waals surface area contributed by atoms with E-state index in [-0.39, 0.29) is 5.41 Å². The minimum absolute atomic E-state index is 0.209. The van der Waals surface area contributed by atoms with E-state index in [9.17, 15) is 5.11 Å².